The molecular weight excluding hydrogens is 234 g/mol. The second-order valence-corrected chi connectivity index (χ2v) is 5.33. The number of para-hydroxylation sites is 1. The maximum atomic E-state index is 6.19. The highest BCUT2D eigenvalue weighted by molar-refractivity contribution is 5.64. The third-order valence-corrected chi connectivity index (χ3v) is 3.72. The van der Waals surface area contributed by atoms with E-state index < -0.39 is 0 Å². The number of benzene rings is 2. The Hall–Kier alpha value is -1.96. The Bertz CT molecular complexity index is 589. The molecule has 2 nitrogen and oxygen atoms in total. The van der Waals surface area contributed by atoms with E-state index in [0.717, 1.165) is 11.4 Å². The zero-order valence-electron chi connectivity index (χ0n) is 11.6. The highest BCUT2D eigenvalue weighted by Gasteiger charge is 2.28. The zero-order valence-corrected chi connectivity index (χ0v) is 11.6. The first-order valence-electron chi connectivity index (χ1n) is 6.74. The first-order chi connectivity index (χ1) is 9.15. The normalized spacial score (nSPS) is 21.2. The third kappa shape index (κ3) is 2.19. The van der Waals surface area contributed by atoms with Crippen LogP contribution >= 0.6 is 0 Å². The van der Waals surface area contributed by atoms with Gasteiger partial charge in [-0.15, -0.1) is 0 Å². The lowest BCUT2D eigenvalue weighted by atomic mass is 9.99. The SMILES string of the molecule is Cc1ccc(C2Oc3cccc(C)c3NC2C)cc1. The summed E-state index contributed by atoms with van der Waals surface area (Å²) in [6, 6.07) is 15.0. The molecule has 2 aromatic rings. The van der Waals surface area contributed by atoms with Gasteiger partial charge in [0.25, 0.3) is 0 Å². The summed E-state index contributed by atoms with van der Waals surface area (Å²) in [7, 11) is 0. The van der Waals surface area contributed by atoms with Crippen LogP contribution in [0.5, 0.6) is 5.75 Å². The van der Waals surface area contributed by atoms with Crippen LogP contribution in [-0.2, 0) is 0 Å². The van der Waals surface area contributed by atoms with Crippen LogP contribution in [-0.4, -0.2) is 6.04 Å². The Morgan fingerprint density at radius 1 is 1.00 bits per heavy atom. The zero-order chi connectivity index (χ0) is 13.4. The fourth-order valence-electron chi connectivity index (χ4n) is 2.58. The van der Waals surface area contributed by atoms with Crippen LogP contribution in [0.15, 0.2) is 42.5 Å². The average molecular weight is 253 g/mol. The van der Waals surface area contributed by atoms with Crippen LogP contribution in [0.1, 0.15) is 29.7 Å². The molecule has 1 aliphatic heterocycles. The van der Waals surface area contributed by atoms with E-state index in [9.17, 15) is 0 Å². The molecule has 1 N–H and O–H groups in total. The topological polar surface area (TPSA) is 21.3 Å². The average Bonchev–Trinajstić information content (AvgIpc) is 2.40. The minimum absolute atomic E-state index is 0.0647. The molecule has 0 bridgehead atoms. The van der Waals surface area contributed by atoms with Gasteiger partial charge < -0.3 is 10.1 Å². The van der Waals surface area contributed by atoms with Gasteiger partial charge in [0.05, 0.1) is 11.7 Å². The van der Waals surface area contributed by atoms with E-state index in [1.807, 2.05) is 12.1 Å². The number of rotatable bonds is 1. The summed E-state index contributed by atoms with van der Waals surface area (Å²) in [5, 5.41) is 3.57. The molecule has 2 unspecified atom stereocenters. The summed E-state index contributed by atoms with van der Waals surface area (Å²) in [5.41, 5.74) is 4.85. The van der Waals surface area contributed by atoms with Gasteiger partial charge in [-0.25, -0.2) is 0 Å². The summed E-state index contributed by atoms with van der Waals surface area (Å²) in [5.74, 6) is 0.948. The summed E-state index contributed by atoms with van der Waals surface area (Å²) in [6.07, 6.45) is 0.0647. The van der Waals surface area contributed by atoms with Crippen molar-refractivity contribution in [3.8, 4) is 5.75 Å². The lowest BCUT2D eigenvalue weighted by Gasteiger charge is -2.34. The van der Waals surface area contributed by atoms with Crippen molar-refractivity contribution in [2.45, 2.75) is 32.9 Å². The number of aryl methyl sites for hydroxylation is 2. The quantitative estimate of drug-likeness (QED) is 0.821. The van der Waals surface area contributed by atoms with Gasteiger partial charge in [0.2, 0.25) is 0 Å². The van der Waals surface area contributed by atoms with Crippen molar-refractivity contribution in [2.24, 2.45) is 0 Å². The molecule has 2 heteroatoms. The van der Waals surface area contributed by atoms with Gasteiger partial charge in [0.1, 0.15) is 11.9 Å². The Kier molecular flexibility index (Phi) is 2.94. The van der Waals surface area contributed by atoms with Gasteiger partial charge in [-0.1, -0.05) is 42.0 Å². The van der Waals surface area contributed by atoms with Gasteiger partial charge in [0.15, 0.2) is 0 Å². The fourth-order valence-corrected chi connectivity index (χ4v) is 2.58. The van der Waals surface area contributed by atoms with Crippen molar-refractivity contribution in [1.82, 2.24) is 0 Å². The number of hydrogen-bond donors (Lipinski definition) is 1. The van der Waals surface area contributed by atoms with E-state index in [0.29, 0.717) is 0 Å². The first kappa shape index (κ1) is 12.1. The van der Waals surface area contributed by atoms with Crippen molar-refractivity contribution < 1.29 is 4.74 Å². The van der Waals surface area contributed by atoms with Crippen LogP contribution in [0.3, 0.4) is 0 Å². The maximum absolute atomic E-state index is 6.19. The molecule has 0 saturated heterocycles. The number of hydrogen-bond acceptors (Lipinski definition) is 2. The van der Waals surface area contributed by atoms with Crippen LogP contribution in [0.4, 0.5) is 5.69 Å². The predicted molar refractivity (Wildman–Crippen MR) is 78.8 cm³/mol. The molecular formula is C17H19NO. The second kappa shape index (κ2) is 4.61. The molecule has 0 amide bonds. The molecule has 2 aromatic carbocycles. The number of fused-ring (bicyclic) bond motifs is 1. The maximum Gasteiger partial charge on any atom is 0.144 e. The Morgan fingerprint density at radius 3 is 2.47 bits per heavy atom. The first-order valence-corrected chi connectivity index (χ1v) is 6.74. The molecule has 0 aliphatic carbocycles. The molecule has 1 aliphatic rings. The van der Waals surface area contributed by atoms with Crippen molar-refractivity contribution in [3.05, 3.63) is 59.2 Å². The molecule has 3 rings (SSSR count). The van der Waals surface area contributed by atoms with Gasteiger partial charge in [-0.2, -0.15) is 0 Å². The number of ether oxygens (including phenoxy) is 1. The smallest absolute Gasteiger partial charge is 0.144 e. The Morgan fingerprint density at radius 2 is 1.74 bits per heavy atom. The number of nitrogens with one attached hydrogen (secondary N) is 1. The fraction of sp³-hybridized carbons (Fsp3) is 0.294. The van der Waals surface area contributed by atoms with Crippen molar-refractivity contribution >= 4 is 5.69 Å². The summed E-state index contributed by atoms with van der Waals surface area (Å²) < 4.78 is 6.19. The van der Waals surface area contributed by atoms with Crippen molar-refractivity contribution in [3.63, 3.8) is 0 Å². The molecule has 0 radical (unpaired) electrons. The van der Waals surface area contributed by atoms with Crippen LogP contribution in [0.2, 0.25) is 0 Å². The van der Waals surface area contributed by atoms with E-state index in [1.165, 1.54) is 16.7 Å². The Labute approximate surface area is 114 Å². The molecule has 98 valence electrons. The summed E-state index contributed by atoms with van der Waals surface area (Å²) in [4.78, 5) is 0. The summed E-state index contributed by atoms with van der Waals surface area (Å²) in [6.45, 7) is 6.37. The molecule has 2 atom stereocenters. The van der Waals surface area contributed by atoms with E-state index in [1.54, 1.807) is 0 Å². The number of anilines is 1. The van der Waals surface area contributed by atoms with Gasteiger partial charge in [-0.05, 0) is 38.0 Å². The second-order valence-electron chi connectivity index (χ2n) is 5.33. The molecule has 19 heavy (non-hydrogen) atoms. The monoisotopic (exact) mass is 253 g/mol. The van der Waals surface area contributed by atoms with Gasteiger partial charge in [0, 0.05) is 0 Å². The Balaban J connectivity index is 1.95. The van der Waals surface area contributed by atoms with E-state index >= 15 is 0 Å². The molecule has 0 aromatic heterocycles. The van der Waals surface area contributed by atoms with Crippen molar-refractivity contribution in [2.75, 3.05) is 5.32 Å². The molecule has 0 fully saturated rings. The van der Waals surface area contributed by atoms with Gasteiger partial charge >= 0.3 is 0 Å². The lowest BCUT2D eigenvalue weighted by Crippen LogP contribution is -2.33. The minimum atomic E-state index is 0.0647. The molecule has 1 heterocycles. The van der Waals surface area contributed by atoms with E-state index in [-0.39, 0.29) is 12.1 Å². The van der Waals surface area contributed by atoms with Crippen LogP contribution in [0.25, 0.3) is 0 Å². The summed E-state index contributed by atoms with van der Waals surface area (Å²) >= 11 is 0. The predicted octanol–water partition coefficient (Wildman–Crippen LogP) is 4.24. The van der Waals surface area contributed by atoms with Crippen molar-refractivity contribution in [1.29, 1.82) is 0 Å². The largest absolute Gasteiger partial charge is 0.481 e. The van der Waals surface area contributed by atoms with Gasteiger partial charge in [-0.3, -0.25) is 0 Å². The van der Waals surface area contributed by atoms with Crippen LogP contribution in [0, 0.1) is 13.8 Å². The van der Waals surface area contributed by atoms with E-state index in [4.69, 9.17) is 4.74 Å². The highest BCUT2D eigenvalue weighted by Crippen LogP contribution is 2.39. The molecule has 0 spiro atoms. The third-order valence-electron chi connectivity index (χ3n) is 3.72. The van der Waals surface area contributed by atoms with Crippen LogP contribution < -0.4 is 10.1 Å². The molecule has 0 saturated carbocycles. The minimum Gasteiger partial charge on any atom is -0.481 e. The van der Waals surface area contributed by atoms with E-state index in [2.05, 4.69) is 56.4 Å². The lowest BCUT2D eigenvalue weighted by molar-refractivity contribution is 0.177. The standard InChI is InChI=1S/C17H19NO/c1-11-7-9-14(10-8-11)17-13(3)18-16-12(2)5-4-6-15(16)19-17/h4-10,13,17-18H,1-3H3. The highest BCUT2D eigenvalue weighted by atomic mass is 16.5.